The summed E-state index contributed by atoms with van der Waals surface area (Å²) in [7, 11) is 5.46. The third-order valence-corrected chi connectivity index (χ3v) is 7.90. The van der Waals surface area contributed by atoms with Gasteiger partial charge >= 0.3 is 0 Å². The molecule has 1 rings (SSSR count). The molecular formula is C28H50N4O4S. The van der Waals surface area contributed by atoms with Crippen LogP contribution in [0.3, 0.4) is 0 Å². The Morgan fingerprint density at radius 2 is 1.70 bits per heavy atom. The Balaban J connectivity index is 2.54. The lowest BCUT2D eigenvalue weighted by Crippen LogP contribution is -2.50. The number of unbranched alkanes of at least 4 members (excludes halogenated alkanes) is 2. The first-order valence-corrected chi connectivity index (χ1v) is 14.4. The lowest BCUT2D eigenvalue weighted by atomic mass is 9.86. The van der Waals surface area contributed by atoms with Crippen molar-refractivity contribution in [2.24, 2.45) is 5.41 Å². The van der Waals surface area contributed by atoms with Gasteiger partial charge in [0, 0.05) is 56.1 Å². The lowest BCUT2D eigenvalue weighted by Gasteiger charge is -2.33. The number of hydrogen-bond acceptors (Lipinski definition) is 6. The highest BCUT2D eigenvalue weighted by Gasteiger charge is 2.39. The van der Waals surface area contributed by atoms with Crippen molar-refractivity contribution in [2.45, 2.75) is 96.9 Å². The van der Waals surface area contributed by atoms with E-state index in [2.05, 4.69) is 11.9 Å². The molecule has 8 nitrogen and oxygen atoms in total. The molecule has 9 heteroatoms. The van der Waals surface area contributed by atoms with E-state index >= 15 is 0 Å². The van der Waals surface area contributed by atoms with Crippen molar-refractivity contribution >= 4 is 35.3 Å². The SMILES string of the molecule is C=C1C(SCCCCCC(=O)N(C)[C@@H](CC(=O)C(C)(C)C)C(=O)NCCN(C)C)CC(=O)N1C(C)(C)C. The second-order valence-electron chi connectivity index (χ2n) is 12.3. The predicted octanol–water partition coefficient (Wildman–Crippen LogP) is 3.70. The average molecular weight is 539 g/mol. The van der Waals surface area contributed by atoms with Crippen LogP contribution >= 0.6 is 11.8 Å². The van der Waals surface area contributed by atoms with E-state index in [9.17, 15) is 19.2 Å². The number of nitrogens with one attached hydrogen (secondary N) is 1. The molecule has 0 aromatic carbocycles. The minimum absolute atomic E-state index is 0.00571. The molecule has 2 atom stereocenters. The molecule has 0 aliphatic carbocycles. The minimum Gasteiger partial charge on any atom is -0.353 e. The molecule has 37 heavy (non-hydrogen) atoms. The van der Waals surface area contributed by atoms with Gasteiger partial charge in [-0.2, -0.15) is 11.8 Å². The molecule has 0 saturated carbocycles. The van der Waals surface area contributed by atoms with Crippen LogP contribution in [0.4, 0.5) is 0 Å². The standard InChI is InChI=1S/C28H50N4O4S/c1-20-22(19-25(35)32(20)28(5,6)7)37-17-13-11-12-14-24(34)31(10)21(18-23(33)27(2,3)4)26(36)29-15-16-30(8)9/h21-22H,1,11-19H2,2-10H3,(H,29,36)/t21-,22?/m0/s1. The number of nitrogens with zero attached hydrogens (tertiary/aromatic N) is 3. The van der Waals surface area contributed by atoms with Crippen LogP contribution < -0.4 is 5.32 Å². The number of likely N-dealkylation sites (N-methyl/N-ethyl adjacent to an activating group) is 2. The number of rotatable bonds is 14. The zero-order valence-electron chi connectivity index (χ0n) is 24.6. The molecule has 1 aliphatic heterocycles. The smallest absolute Gasteiger partial charge is 0.243 e. The Labute approximate surface area is 228 Å². The number of amides is 3. The largest absolute Gasteiger partial charge is 0.353 e. The normalized spacial score (nSPS) is 17.4. The highest BCUT2D eigenvalue weighted by Crippen LogP contribution is 2.36. The van der Waals surface area contributed by atoms with Gasteiger partial charge in [-0.1, -0.05) is 33.8 Å². The lowest BCUT2D eigenvalue weighted by molar-refractivity contribution is -0.142. The Morgan fingerprint density at radius 1 is 1.08 bits per heavy atom. The molecule has 1 aliphatic rings. The van der Waals surface area contributed by atoms with E-state index in [-0.39, 0.29) is 40.7 Å². The van der Waals surface area contributed by atoms with Crippen molar-refractivity contribution in [3.63, 3.8) is 0 Å². The summed E-state index contributed by atoms with van der Waals surface area (Å²) in [6, 6.07) is -0.811. The van der Waals surface area contributed by atoms with E-state index in [1.807, 2.05) is 65.4 Å². The second kappa shape index (κ2) is 14.3. The highest BCUT2D eigenvalue weighted by atomic mass is 32.2. The highest BCUT2D eigenvalue weighted by molar-refractivity contribution is 8.00. The van der Waals surface area contributed by atoms with Crippen LogP contribution in [0.1, 0.15) is 80.1 Å². The van der Waals surface area contributed by atoms with Gasteiger partial charge in [-0.15, -0.1) is 0 Å². The Bertz CT molecular complexity index is 829. The van der Waals surface area contributed by atoms with E-state index in [1.165, 1.54) is 4.90 Å². The maximum atomic E-state index is 12.9. The van der Waals surface area contributed by atoms with Gasteiger partial charge in [-0.3, -0.25) is 19.2 Å². The fourth-order valence-corrected chi connectivity index (χ4v) is 5.38. The maximum absolute atomic E-state index is 12.9. The number of carbonyl (C=O) groups excluding carboxylic acids is 4. The van der Waals surface area contributed by atoms with Crippen molar-refractivity contribution in [2.75, 3.05) is 40.0 Å². The zero-order chi connectivity index (χ0) is 28.6. The van der Waals surface area contributed by atoms with Gasteiger partial charge < -0.3 is 20.0 Å². The molecule has 212 valence electrons. The Morgan fingerprint density at radius 3 is 2.22 bits per heavy atom. The molecular weight excluding hydrogens is 488 g/mol. The third kappa shape index (κ3) is 10.8. The van der Waals surface area contributed by atoms with E-state index in [1.54, 1.807) is 18.8 Å². The summed E-state index contributed by atoms with van der Waals surface area (Å²) >= 11 is 1.76. The molecule has 0 spiro atoms. The summed E-state index contributed by atoms with van der Waals surface area (Å²) < 4.78 is 0. The second-order valence-corrected chi connectivity index (χ2v) is 13.6. The molecule has 0 aromatic rings. The molecule has 0 aromatic heterocycles. The summed E-state index contributed by atoms with van der Waals surface area (Å²) in [6.07, 6.45) is 3.36. The molecule has 1 N–H and O–H groups in total. The van der Waals surface area contributed by atoms with Gasteiger partial charge in [-0.05, 0) is 53.5 Å². The predicted molar refractivity (Wildman–Crippen MR) is 152 cm³/mol. The van der Waals surface area contributed by atoms with E-state index in [4.69, 9.17) is 0 Å². The molecule has 1 unspecified atom stereocenters. The van der Waals surface area contributed by atoms with E-state index in [0.29, 0.717) is 32.4 Å². The number of likely N-dealkylation sites (tertiary alicyclic amines) is 1. The summed E-state index contributed by atoms with van der Waals surface area (Å²) in [5, 5.41) is 2.99. The van der Waals surface area contributed by atoms with Crippen molar-refractivity contribution < 1.29 is 19.2 Å². The summed E-state index contributed by atoms with van der Waals surface area (Å²) in [5.74, 6) is 0.568. The average Bonchev–Trinajstić information content (AvgIpc) is 3.05. The third-order valence-electron chi connectivity index (χ3n) is 6.53. The van der Waals surface area contributed by atoms with Gasteiger partial charge in [0.25, 0.3) is 0 Å². The van der Waals surface area contributed by atoms with Crippen LogP contribution in [0.15, 0.2) is 12.3 Å². The van der Waals surface area contributed by atoms with Crippen LogP contribution in [0.5, 0.6) is 0 Å². The van der Waals surface area contributed by atoms with Crippen molar-refractivity contribution in [1.82, 2.24) is 20.0 Å². The molecule has 1 saturated heterocycles. The van der Waals surface area contributed by atoms with Crippen molar-refractivity contribution in [1.29, 1.82) is 0 Å². The van der Waals surface area contributed by atoms with Gasteiger partial charge in [-0.25, -0.2) is 0 Å². The zero-order valence-corrected chi connectivity index (χ0v) is 25.4. The quantitative estimate of drug-likeness (QED) is 0.339. The van der Waals surface area contributed by atoms with Gasteiger partial charge in [0.05, 0.1) is 5.25 Å². The molecule has 0 bridgehead atoms. The topological polar surface area (TPSA) is 90.0 Å². The number of Topliss-reactive ketones (excluding diaryl/α,β-unsaturated/α-hetero) is 1. The Kier molecular flexibility index (Phi) is 12.8. The number of ketones is 1. The van der Waals surface area contributed by atoms with Crippen LogP contribution in [-0.2, 0) is 19.2 Å². The molecule has 3 amide bonds. The summed E-state index contributed by atoms with van der Waals surface area (Å²) in [4.78, 5) is 56.1. The first-order chi connectivity index (χ1) is 17.0. The fraction of sp³-hybridized carbons (Fsp3) is 0.786. The van der Waals surface area contributed by atoms with Crippen LogP contribution in [-0.4, -0.2) is 95.0 Å². The van der Waals surface area contributed by atoms with Crippen LogP contribution in [0.25, 0.3) is 0 Å². The van der Waals surface area contributed by atoms with Crippen LogP contribution in [0.2, 0.25) is 0 Å². The van der Waals surface area contributed by atoms with Gasteiger partial charge in [0.15, 0.2) is 0 Å². The number of thioether (sulfide) groups is 1. The first kappa shape index (κ1) is 33.2. The molecule has 0 radical (unpaired) electrons. The summed E-state index contributed by atoms with van der Waals surface area (Å²) in [6.45, 7) is 16.8. The van der Waals surface area contributed by atoms with E-state index in [0.717, 1.165) is 24.3 Å². The first-order valence-electron chi connectivity index (χ1n) is 13.3. The molecule has 1 fully saturated rings. The van der Waals surface area contributed by atoms with E-state index < -0.39 is 11.5 Å². The number of carbonyl (C=O) groups is 4. The molecule has 1 heterocycles. The van der Waals surface area contributed by atoms with Gasteiger partial charge in [0.2, 0.25) is 17.7 Å². The number of hydrogen-bond donors (Lipinski definition) is 1. The monoisotopic (exact) mass is 538 g/mol. The fourth-order valence-electron chi connectivity index (χ4n) is 4.17. The van der Waals surface area contributed by atoms with Gasteiger partial charge in [0.1, 0.15) is 11.8 Å². The Hall–Kier alpha value is -1.87. The van der Waals surface area contributed by atoms with Crippen molar-refractivity contribution in [3.05, 3.63) is 12.3 Å². The maximum Gasteiger partial charge on any atom is 0.243 e. The van der Waals surface area contributed by atoms with Crippen LogP contribution in [0, 0.1) is 5.41 Å². The minimum atomic E-state index is -0.811. The van der Waals surface area contributed by atoms with Crippen molar-refractivity contribution in [3.8, 4) is 0 Å². The summed E-state index contributed by atoms with van der Waals surface area (Å²) in [5.41, 5.74) is 0.0520.